The number of carbonyl (C=O) groups excluding carboxylic acids is 1. The van der Waals surface area contributed by atoms with Crippen molar-refractivity contribution < 1.29 is 9.18 Å². The molecule has 0 unspecified atom stereocenters. The SMILES string of the molecule is Cc1cc(Nc2cc(C)[nH]n2)nc(N2CCC(NC(=O)Cc3ccc(-n4ccc(F)n4)nc3)CC2)n1. The molecule has 0 saturated carbocycles. The fourth-order valence-corrected chi connectivity index (χ4v) is 4.15. The minimum absolute atomic E-state index is 0.0549. The Bertz CT molecular complexity index is 1340. The number of aromatic nitrogens is 7. The topological polar surface area (TPSA) is 130 Å². The molecule has 4 aromatic rings. The van der Waals surface area contributed by atoms with Crippen molar-refractivity contribution in [3.8, 4) is 5.82 Å². The molecule has 11 nitrogen and oxygen atoms in total. The van der Waals surface area contributed by atoms with Gasteiger partial charge in [-0.15, -0.1) is 5.10 Å². The molecule has 36 heavy (non-hydrogen) atoms. The normalized spacial score (nSPS) is 14.1. The molecule has 12 heteroatoms. The lowest BCUT2D eigenvalue weighted by Crippen LogP contribution is -2.45. The van der Waals surface area contributed by atoms with Crippen LogP contribution in [0.3, 0.4) is 0 Å². The summed E-state index contributed by atoms with van der Waals surface area (Å²) in [6, 6.07) is 8.66. The lowest BCUT2D eigenvalue weighted by atomic mass is 10.0. The van der Waals surface area contributed by atoms with E-state index in [2.05, 4.69) is 45.8 Å². The van der Waals surface area contributed by atoms with Gasteiger partial charge in [-0.3, -0.25) is 9.89 Å². The smallest absolute Gasteiger partial charge is 0.233 e. The van der Waals surface area contributed by atoms with E-state index in [9.17, 15) is 9.18 Å². The number of hydrogen-bond acceptors (Lipinski definition) is 8. The van der Waals surface area contributed by atoms with Gasteiger partial charge in [0.15, 0.2) is 11.6 Å². The zero-order valence-electron chi connectivity index (χ0n) is 20.1. The molecule has 0 aliphatic carbocycles. The molecule has 186 valence electrons. The first-order valence-corrected chi connectivity index (χ1v) is 11.8. The van der Waals surface area contributed by atoms with E-state index in [4.69, 9.17) is 0 Å². The lowest BCUT2D eigenvalue weighted by Gasteiger charge is -2.32. The van der Waals surface area contributed by atoms with Gasteiger partial charge in [0, 0.05) is 61.1 Å². The maximum absolute atomic E-state index is 13.1. The highest BCUT2D eigenvalue weighted by molar-refractivity contribution is 5.78. The number of anilines is 3. The molecule has 0 radical (unpaired) electrons. The second-order valence-electron chi connectivity index (χ2n) is 8.87. The van der Waals surface area contributed by atoms with Crippen LogP contribution in [0.25, 0.3) is 5.82 Å². The van der Waals surface area contributed by atoms with E-state index >= 15 is 0 Å². The largest absolute Gasteiger partial charge is 0.353 e. The standard InChI is InChI=1S/C24H27FN10O/c1-15-11-20(29-21-12-16(2)31-32-21)30-24(27-15)34-8-5-18(6-9-34)28-23(36)13-17-3-4-22(26-14-17)35-10-7-19(25)33-35/h3-4,7,10-12,14,18H,5-6,8-9,13H2,1-2H3,(H,28,36)(H2,27,29,30,31,32). The number of halogens is 1. The Labute approximate surface area is 207 Å². The van der Waals surface area contributed by atoms with Gasteiger partial charge in [0.1, 0.15) is 5.82 Å². The molecular weight excluding hydrogens is 463 g/mol. The van der Waals surface area contributed by atoms with E-state index < -0.39 is 5.95 Å². The van der Waals surface area contributed by atoms with E-state index in [1.165, 1.54) is 16.9 Å². The van der Waals surface area contributed by atoms with Gasteiger partial charge in [-0.1, -0.05) is 6.07 Å². The number of rotatable bonds is 7. The highest BCUT2D eigenvalue weighted by Crippen LogP contribution is 2.21. The van der Waals surface area contributed by atoms with Crippen LogP contribution in [0.4, 0.5) is 22.0 Å². The Morgan fingerprint density at radius 3 is 2.64 bits per heavy atom. The summed E-state index contributed by atoms with van der Waals surface area (Å²) >= 11 is 0. The number of H-pyrrole nitrogens is 1. The number of piperidine rings is 1. The van der Waals surface area contributed by atoms with Crippen molar-refractivity contribution in [1.29, 1.82) is 0 Å². The molecule has 0 spiro atoms. The van der Waals surface area contributed by atoms with E-state index in [0.717, 1.165) is 42.9 Å². The van der Waals surface area contributed by atoms with Crippen LogP contribution in [0.2, 0.25) is 0 Å². The first-order valence-electron chi connectivity index (χ1n) is 11.8. The molecule has 4 aromatic heterocycles. The van der Waals surface area contributed by atoms with Crippen molar-refractivity contribution in [2.45, 2.75) is 39.2 Å². The monoisotopic (exact) mass is 490 g/mol. The molecule has 1 aliphatic rings. The highest BCUT2D eigenvalue weighted by atomic mass is 19.1. The van der Waals surface area contributed by atoms with Crippen molar-refractivity contribution in [3.05, 3.63) is 65.6 Å². The van der Waals surface area contributed by atoms with Crippen molar-refractivity contribution in [1.82, 2.24) is 40.2 Å². The molecular formula is C24H27FN10O. The maximum atomic E-state index is 13.1. The van der Waals surface area contributed by atoms with E-state index in [1.54, 1.807) is 18.3 Å². The Hall–Kier alpha value is -4.35. The van der Waals surface area contributed by atoms with Crippen LogP contribution in [-0.4, -0.2) is 60.0 Å². The number of hydrogen-bond donors (Lipinski definition) is 3. The molecule has 1 aliphatic heterocycles. The van der Waals surface area contributed by atoms with Crippen LogP contribution in [0.1, 0.15) is 29.8 Å². The first kappa shape index (κ1) is 23.4. The molecule has 0 aromatic carbocycles. The second kappa shape index (κ2) is 10.1. The third-order valence-electron chi connectivity index (χ3n) is 5.91. The number of aryl methyl sites for hydroxylation is 2. The number of aromatic amines is 1. The summed E-state index contributed by atoms with van der Waals surface area (Å²) in [4.78, 5) is 28.3. The third-order valence-corrected chi connectivity index (χ3v) is 5.91. The van der Waals surface area contributed by atoms with Gasteiger partial charge in [-0.2, -0.15) is 14.5 Å². The summed E-state index contributed by atoms with van der Waals surface area (Å²) in [6.45, 7) is 5.36. The van der Waals surface area contributed by atoms with Crippen LogP contribution < -0.4 is 15.5 Å². The minimum Gasteiger partial charge on any atom is -0.353 e. The van der Waals surface area contributed by atoms with Gasteiger partial charge in [0.2, 0.25) is 17.8 Å². The van der Waals surface area contributed by atoms with Gasteiger partial charge in [0.25, 0.3) is 0 Å². The minimum atomic E-state index is -0.568. The van der Waals surface area contributed by atoms with E-state index in [-0.39, 0.29) is 18.4 Å². The number of nitrogens with one attached hydrogen (secondary N) is 3. The zero-order chi connectivity index (χ0) is 25.1. The highest BCUT2D eigenvalue weighted by Gasteiger charge is 2.23. The van der Waals surface area contributed by atoms with Crippen LogP contribution in [0, 0.1) is 19.8 Å². The molecule has 1 saturated heterocycles. The fraction of sp³-hybridized carbons (Fsp3) is 0.333. The fourth-order valence-electron chi connectivity index (χ4n) is 4.15. The summed E-state index contributed by atoms with van der Waals surface area (Å²) < 4.78 is 14.4. The predicted octanol–water partition coefficient (Wildman–Crippen LogP) is 2.61. The molecule has 0 atom stereocenters. The Morgan fingerprint density at radius 1 is 1.14 bits per heavy atom. The summed E-state index contributed by atoms with van der Waals surface area (Å²) in [6.07, 6.45) is 4.93. The second-order valence-corrected chi connectivity index (χ2v) is 8.87. The maximum Gasteiger partial charge on any atom is 0.233 e. The third kappa shape index (κ3) is 5.65. The Morgan fingerprint density at radius 2 is 1.97 bits per heavy atom. The molecule has 1 fully saturated rings. The van der Waals surface area contributed by atoms with Crippen molar-refractivity contribution >= 4 is 23.5 Å². The molecule has 0 bridgehead atoms. The van der Waals surface area contributed by atoms with Crippen molar-refractivity contribution in [2.75, 3.05) is 23.3 Å². The zero-order valence-corrected chi connectivity index (χ0v) is 20.1. The van der Waals surface area contributed by atoms with Crippen LogP contribution in [-0.2, 0) is 11.2 Å². The van der Waals surface area contributed by atoms with Crippen LogP contribution in [0.5, 0.6) is 0 Å². The lowest BCUT2D eigenvalue weighted by molar-refractivity contribution is -0.121. The molecule has 5 rings (SSSR count). The predicted molar refractivity (Wildman–Crippen MR) is 132 cm³/mol. The Kier molecular flexibility index (Phi) is 6.56. The number of pyridine rings is 1. The average molecular weight is 491 g/mol. The first-order chi connectivity index (χ1) is 17.4. The van der Waals surface area contributed by atoms with Gasteiger partial charge >= 0.3 is 0 Å². The molecule has 3 N–H and O–H groups in total. The number of amides is 1. The summed E-state index contributed by atoms with van der Waals surface area (Å²) in [5, 5.41) is 17.1. The Balaban J connectivity index is 1.13. The number of carbonyl (C=O) groups is 1. The van der Waals surface area contributed by atoms with Gasteiger partial charge < -0.3 is 15.5 Å². The average Bonchev–Trinajstić information content (AvgIpc) is 3.47. The van der Waals surface area contributed by atoms with E-state index in [0.29, 0.717) is 23.4 Å². The summed E-state index contributed by atoms with van der Waals surface area (Å²) in [5.41, 5.74) is 2.61. The van der Waals surface area contributed by atoms with E-state index in [1.807, 2.05) is 26.0 Å². The van der Waals surface area contributed by atoms with Gasteiger partial charge in [0.05, 0.1) is 6.42 Å². The molecule has 5 heterocycles. The van der Waals surface area contributed by atoms with Crippen molar-refractivity contribution in [3.63, 3.8) is 0 Å². The summed E-state index contributed by atoms with van der Waals surface area (Å²) in [7, 11) is 0. The molecule has 1 amide bonds. The van der Waals surface area contributed by atoms with Crippen LogP contribution >= 0.6 is 0 Å². The number of nitrogens with zero attached hydrogens (tertiary/aromatic N) is 7. The van der Waals surface area contributed by atoms with Gasteiger partial charge in [-0.05, 0) is 38.3 Å². The van der Waals surface area contributed by atoms with Crippen LogP contribution in [0.15, 0.2) is 42.7 Å². The quantitative estimate of drug-likeness (QED) is 0.361. The summed E-state index contributed by atoms with van der Waals surface area (Å²) in [5.74, 6) is 1.93. The van der Waals surface area contributed by atoms with Crippen molar-refractivity contribution in [2.24, 2.45) is 0 Å². The van der Waals surface area contributed by atoms with Gasteiger partial charge in [-0.25, -0.2) is 14.6 Å².